The number of hydrogen-bond acceptors (Lipinski definition) is 5. The van der Waals surface area contributed by atoms with Gasteiger partial charge in [-0.3, -0.25) is 19.1 Å². The first-order chi connectivity index (χ1) is 13.3. The SMILES string of the molecule is CCCn1c(=O)[nH]c(=O)c2c(C(=O)N3CCNC(C)C3C)cc(C(C)C)nc21.Cl.Cl. The van der Waals surface area contributed by atoms with E-state index in [4.69, 9.17) is 0 Å². The zero-order valence-corrected chi connectivity index (χ0v) is 19.7. The lowest BCUT2D eigenvalue weighted by Gasteiger charge is -2.38. The fourth-order valence-corrected chi connectivity index (χ4v) is 3.69. The second kappa shape index (κ2) is 10.4. The Balaban J connectivity index is 0.00000225. The predicted octanol–water partition coefficient (Wildman–Crippen LogP) is 2.28. The topological polar surface area (TPSA) is 100 Å². The van der Waals surface area contributed by atoms with Crippen LogP contribution in [0.4, 0.5) is 0 Å². The molecule has 1 aliphatic rings. The maximum Gasteiger partial charge on any atom is 0.329 e. The number of hydrogen-bond donors (Lipinski definition) is 2. The Morgan fingerprint density at radius 3 is 2.53 bits per heavy atom. The molecule has 1 amide bonds. The van der Waals surface area contributed by atoms with Gasteiger partial charge in [0, 0.05) is 37.4 Å². The molecule has 3 rings (SSSR count). The van der Waals surface area contributed by atoms with Gasteiger partial charge in [-0.05, 0) is 32.3 Å². The monoisotopic (exact) mass is 459 g/mol. The Bertz CT molecular complexity index is 1020. The maximum absolute atomic E-state index is 13.5. The van der Waals surface area contributed by atoms with E-state index in [1.807, 2.05) is 34.6 Å². The number of rotatable bonds is 4. The van der Waals surface area contributed by atoms with E-state index in [9.17, 15) is 14.4 Å². The standard InChI is InChI=1S/C20H29N5O3.2ClH/c1-6-8-25-17-16(18(26)23-20(25)28)14(10-15(22-17)11(2)3)19(27)24-9-7-21-12(4)13(24)5;;/h10-13,21H,6-9H2,1-5H3,(H,23,26,28);2*1H. The zero-order valence-electron chi connectivity index (χ0n) is 18.0. The smallest absolute Gasteiger partial charge is 0.329 e. The number of H-pyrrole nitrogens is 1. The molecule has 2 aromatic rings. The minimum atomic E-state index is -0.561. The Morgan fingerprint density at radius 2 is 1.93 bits per heavy atom. The first kappa shape index (κ1) is 26.1. The summed E-state index contributed by atoms with van der Waals surface area (Å²) in [5.74, 6) is -0.137. The van der Waals surface area contributed by atoms with Crippen molar-refractivity contribution in [2.75, 3.05) is 13.1 Å². The third-order valence-electron chi connectivity index (χ3n) is 5.53. The second-order valence-corrected chi connectivity index (χ2v) is 7.84. The van der Waals surface area contributed by atoms with E-state index in [-0.39, 0.29) is 54.1 Å². The highest BCUT2D eigenvalue weighted by molar-refractivity contribution is 6.05. The molecule has 0 radical (unpaired) electrons. The van der Waals surface area contributed by atoms with Crippen molar-refractivity contribution < 1.29 is 4.79 Å². The van der Waals surface area contributed by atoms with Gasteiger partial charge in [-0.25, -0.2) is 9.78 Å². The second-order valence-electron chi connectivity index (χ2n) is 7.84. The van der Waals surface area contributed by atoms with Gasteiger partial charge in [0.05, 0.1) is 10.9 Å². The Hall–Kier alpha value is -1.90. The number of aromatic amines is 1. The Kier molecular flexibility index (Phi) is 9.07. The molecule has 1 saturated heterocycles. The number of carbonyl (C=O) groups is 1. The van der Waals surface area contributed by atoms with Crippen LogP contribution in [0.1, 0.15) is 63.0 Å². The first-order valence-corrected chi connectivity index (χ1v) is 9.98. The molecule has 1 fully saturated rings. The minimum absolute atomic E-state index is 0. The van der Waals surface area contributed by atoms with Gasteiger partial charge in [0.25, 0.3) is 11.5 Å². The number of aryl methyl sites for hydroxylation is 1. The largest absolute Gasteiger partial charge is 0.333 e. The van der Waals surface area contributed by atoms with Crippen molar-refractivity contribution in [3.63, 3.8) is 0 Å². The summed E-state index contributed by atoms with van der Waals surface area (Å²) < 4.78 is 1.46. The van der Waals surface area contributed by atoms with Gasteiger partial charge in [0.2, 0.25) is 0 Å². The van der Waals surface area contributed by atoms with Crippen LogP contribution in [-0.2, 0) is 6.54 Å². The van der Waals surface area contributed by atoms with Crippen molar-refractivity contribution in [2.45, 2.75) is 65.6 Å². The van der Waals surface area contributed by atoms with Crippen molar-refractivity contribution in [1.29, 1.82) is 0 Å². The highest BCUT2D eigenvalue weighted by Gasteiger charge is 2.31. The molecule has 0 saturated carbocycles. The number of halogens is 2. The van der Waals surface area contributed by atoms with E-state index in [1.165, 1.54) is 4.57 Å². The van der Waals surface area contributed by atoms with Gasteiger partial charge in [0.1, 0.15) is 0 Å². The summed E-state index contributed by atoms with van der Waals surface area (Å²) >= 11 is 0. The molecule has 0 aliphatic carbocycles. The van der Waals surface area contributed by atoms with E-state index >= 15 is 0 Å². The van der Waals surface area contributed by atoms with Crippen molar-refractivity contribution >= 4 is 41.8 Å². The molecule has 0 bridgehead atoms. The third kappa shape index (κ3) is 4.71. The van der Waals surface area contributed by atoms with Gasteiger partial charge in [-0.2, -0.15) is 0 Å². The summed E-state index contributed by atoms with van der Waals surface area (Å²) in [6, 6.07) is 1.87. The van der Waals surface area contributed by atoms with Crippen LogP contribution in [0.25, 0.3) is 11.0 Å². The van der Waals surface area contributed by atoms with E-state index in [0.29, 0.717) is 43.0 Å². The van der Waals surface area contributed by atoms with Crippen molar-refractivity contribution in [1.82, 2.24) is 24.8 Å². The first-order valence-electron chi connectivity index (χ1n) is 9.98. The number of aromatic nitrogens is 3. The lowest BCUT2D eigenvalue weighted by Crippen LogP contribution is -2.57. The predicted molar refractivity (Wildman–Crippen MR) is 123 cm³/mol. The molecule has 2 atom stereocenters. The summed E-state index contributed by atoms with van der Waals surface area (Å²) in [6.07, 6.45) is 0.713. The van der Waals surface area contributed by atoms with Crippen LogP contribution in [0.5, 0.6) is 0 Å². The zero-order chi connectivity index (χ0) is 20.6. The molecule has 2 aromatic heterocycles. The number of nitrogens with one attached hydrogen (secondary N) is 2. The number of piperazine rings is 1. The molecule has 2 unspecified atom stereocenters. The van der Waals surface area contributed by atoms with Gasteiger partial charge in [0.15, 0.2) is 5.65 Å². The van der Waals surface area contributed by atoms with Crippen LogP contribution >= 0.6 is 24.8 Å². The molecule has 0 aromatic carbocycles. The molecule has 0 spiro atoms. The van der Waals surface area contributed by atoms with Gasteiger partial charge < -0.3 is 10.2 Å². The average molecular weight is 460 g/mol. The fraction of sp³-hybridized carbons (Fsp3) is 0.600. The van der Waals surface area contributed by atoms with Gasteiger partial charge >= 0.3 is 5.69 Å². The van der Waals surface area contributed by atoms with E-state index in [1.54, 1.807) is 11.0 Å². The molecule has 8 nitrogen and oxygen atoms in total. The number of amides is 1. The molecule has 1 aliphatic heterocycles. The molecule has 168 valence electrons. The number of fused-ring (bicyclic) bond motifs is 1. The number of nitrogens with zero attached hydrogens (tertiary/aromatic N) is 3. The van der Waals surface area contributed by atoms with Crippen molar-refractivity contribution in [3.8, 4) is 0 Å². The summed E-state index contributed by atoms with van der Waals surface area (Å²) in [5.41, 5.74) is 0.257. The fourth-order valence-electron chi connectivity index (χ4n) is 3.69. The van der Waals surface area contributed by atoms with Crippen LogP contribution in [0, 0.1) is 0 Å². The van der Waals surface area contributed by atoms with Gasteiger partial charge in [-0.1, -0.05) is 20.8 Å². The normalized spacial score (nSPS) is 18.8. The van der Waals surface area contributed by atoms with E-state index in [2.05, 4.69) is 15.3 Å². The lowest BCUT2D eigenvalue weighted by molar-refractivity contribution is 0.0604. The Morgan fingerprint density at radius 1 is 1.27 bits per heavy atom. The van der Waals surface area contributed by atoms with E-state index < -0.39 is 11.2 Å². The van der Waals surface area contributed by atoms with Crippen LogP contribution in [0.2, 0.25) is 0 Å². The minimum Gasteiger partial charge on any atom is -0.333 e. The van der Waals surface area contributed by atoms with Crippen LogP contribution in [-0.4, -0.2) is 50.5 Å². The lowest BCUT2D eigenvalue weighted by atomic mass is 10.0. The molecular formula is C20H31Cl2N5O3. The Labute approximate surface area is 188 Å². The molecular weight excluding hydrogens is 429 g/mol. The van der Waals surface area contributed by atoms with Gasteiger partial charge in [-0.15, -0.1) is 24.8 Å². The molecule has 10 heteroatoms. The van der Waals surface area contributed by atoms with Crippen molar-refractivity contribution in [3.05, 3.63) is 38.2 Å². The summed E-state index contributed by atoms with van der Waals surface area (Å²) in [7, 11) is 0. The third-order valence-corrected chi connectivity index (χ3v) is 5.53. The quantitative estimate of drug-likeness (QED) is 0.730. The maximum atomic E-state index is 13.5. The highest BCUT2D eigenvalue weighted by Crippen LogP contribution is 2.23. The molecule has 30 heavy (non-hydrogen) atoms. The average Bonchev–Trinajstić information content (AvgIpc) is 2.65. The van der Waals surface area contributed by atoms with Crippen LogP contribution in [0.3, 0.4) is 0 Å². The summed E-state index contributed by atoms with van der Waals surface area (Å²) in [6.45, 7) is 11.6. The number of pyridine rings is 1. The van der Waals surface area contributed by atoms with Crippen LogP contribution < -0.4 is 16.6 Å². The van der Waals surface area contributed by atoms with Crippen LogP contribution in [0.15, 0.2) is 15.7 Å². The summed E-state index contributed by atoms with van der Waals surface area (Å²) in [5, 5.41) is 3.56. The highest BCUT2D eigenvalue weighted by atomic mass is 35.5. The molecule has 2 N–H and O–H groups in total. The molecule has 3 heterocycles. The number of carbonyl (C=O) groups excluding carboxylic acids is 1. The van der Waals surface area contributed by atoms with Crippen molar-refractivity contribution in [2.24, 2.45) is 0 Å². The summed E-state index contributed by atoms with van der Waals surface area (Å²) in [4.78, 5) is 47.3. The van der Waals surface area contributed by atoms with E-state index in [0.717, 1.165) is 0 Å².